The number of pyridine rings is 1. The average Bonchev–Trinajstić information content (AvgIpc) is 3.10. The Kier molecular flexibility index (Phi) is 4.86. The molecule has 0 bridgehead atoms. The zero-order chi connectivity index (χ0) is 19.7. The molecule has 0 aliphatic heterocycles. The molecule has 2 heterocycles. The molecule has 0 amide bonds. The van der Waals surface area contributed by atoms with Gasteiger partial charge in [0.15, 0.2) is 17.2 Å². The summed E-state index contributed by atoms with van der Waals surface area (Å²) in [5.74, 6) is -0.522. The SMILES string of the molecule is N#Cc1cc(Cl)cc(Oc2c(Cl)ccc(Cc3n[nH]c4ncccc34)c2F)c1. The van der Waals surface area contributed by atoms with Gasteiger partial charge in [-0.1, -0.05) is 29.3 Å². The molecule has 0 spiro atoms. The van der Waals surface area contributed by atoms with Gasteiger partial charge in [0.2, 0.25) is 0 Å². The van der Waals surface area contributed by atoms with E-state index in [1.54, 1.807) is 24.4 Å². The van der Waals surface area contributed by atoms with E-state index >= 15 is 4.39 Å². The summed E-state index contributed by atoms with van der Waals surface area (Å²) in [6, 6.07) is 13.2. The van der Waals surface area contributed by atoms with Gasteiger partial charge in [-0.05, 0) is 42.0 Å². The molecular weight excluding hydrogens is 402 g/mol. The third-order valence-electron chi connectivity index (χ3n) is 4.12. The lowest BCUT2D eigenvalue weighted by Crippen LogP contribution is -1.98. The maximum atomic E-state index is 15.1. The van der Waals surface area contributed by atoms with Gasteiger partial charge in [-0.15, -0.1) is 0 Å². The predicted molar refractivity (Wildman–Crippen MR) is 104 cm³/mol. The first-order chi connectivity index (χ1) is 13.5. The van der Waals surface area contributed by atoms with Crippen molar-refractivity contribution in [2.45, 2.75) is 6.42 Å². The van der Waals surface area contributed by atoms with Crippen molar-refractivity contribution in [1.82, 2.24) is 15.2 Å². The number of aromatic nitrogens is 3. The fourth-order valence-corrected chi connectivity index (χ4v) is 3.24. The van der Waals surface area contributed by atoms with Gasteiger partial charge in [-0.2, -0.15) is 10.4 Å². The van der Waals surface area contributed by atoms with Crippen LogP contribution < -0.4 is 4.74 Å². The van der Waals surface area contributed by atoms with Crippen LogP contribution in [0.1, 0.15) is 16.8 Å². The largest absolute Gasteiger partial charge is 0.453 e. The van der Waals surface area contributed by atoms with E-state index in [1.807, 2.05) is 12.1 Å². The monoisotopic (exact) mass is 412 g/mol. The van der Waals surface area contributed by atoms with Gasteiger partial charge in [0, 0.05) is 23.0 Å². The number of rotatable bonds is 4. The molecule has 2 aromatic carbocycles. The minimum atomic E-state index is -0.606. The first-order valence-electron chi connectivity index (χ1n) is 8.18. The van der Waals surface area contributed by atoms with Gasteiger partial charge < -0.3 is 4.74 Å². The van der Waals surface area contributed by atoms with E-state index in [0.29, 0.717) is 27.5 Å². The fraction of sp³-hybridized carbons (Fsp3) is 0.0500. The Balaban J connectivity index is 1.70. The normalized spacial score (nSPS) is 10.8. The second-order valence-electron chi connectivity index (χ2n) is 5.99. The minimum Gasteiger partial charge on any atom is -0.453 e. The van der Waals surface area contributed by atoms with Crippen molar-refractivity contribution < 1.29 is 9.13 Å². The molecule has 138 valence electrons. The molecule has 4 aromatic rings. The molecule has 0 aliphatic rings. The van der Waals surface area contributed by atoms with E-state index in [4.69, 9.17) is 33.2 Å². The van der Waals surface area contributed by atoms with Crippen molar-refractivity contribution in [2.75, 3.05) is 0 Å². The second kappa shape index (κ2) is 7.47. The third-order valence-corrected chi connectivity index (χ3v) is 4.64. The molecule has 0 saturated heterocycles. The van der Waals surface area contributed by atoms with Crippen LogP contribution in [0.2, 0.25) is 10.0 Å². The molecule has 0 fully saturated rings. The number of hydrogen-bond donors (Lipinski definition) is 1. The molecule has 4 rings (SSSR count). The number of ether oxygens (including phenoxy) is 1. The van der Waals surface area contributed by atoms with E-state index in [1.165, 1.54) is 18.2 Å². The van der Waals surface area contributed by atoms with Crippen molar-refractivity contribution in [2.24, 2.45) is 0 Å². The van der Waals surface area contributed by atoms with Crippen LogP contribution in [0, 0.1) is 17.1 Å². The van der Waals surface area contributed by atoms with E-state index in [-0.39, 0.29) is 22.9 Å². The van der Waals surface area contributed by atoms with E-state index in [0.717, 1.165) is 5.39 Å². The number of nitriles is 1. The summed E-state index contributed by atoms with van der Waals surface area (Å²) in [7, 11) is 0. The zero-order valence-electron chi connectivity index (χ0n) is 14.2. The van der Waals surface area contributed by atoms with Crippen molar-refractivity contribution in [1.29, 1.82) is 5.26 Å². The van der Waals surface area contributed by atoms with Crippen molar-refractivity contribution >= 4 is 34.2 Å². The third kappa shape index (κ3) is 3.50. The van der Waals surface area contributed by atoms with Crippen LogP contribution >= 0.6 is 23.2 Å². The number of H-pyrrole nitrogens is 1. The summed E-state index contributed by atoms with van der Waals surface area (Å²) in [5, 5.41) is 17.3. The van der Waals surface area contributed by atoms with Crippen LogP contribution in [0.15, 0.2) is 48.7 Å². The maximum absolute atomic E-state index is 15.1. The lowest BCUT2D eigenvalue weighted by atomic mass is 10.1. The maximum Gasteiger partial charge on any atom is 0.181 e. The van der Waals surface area contributed by atoms with Crippen LogP contribution in [0.5, 0.6) is 11.5 Å². The summed E-state index contributed by atoms with van der Waals surface area (Å²) < 4.78 is 20.8. The van der Waals surface area contributed by atoms with Crippen LogP contribution in [0.25, 0.3) is 11.0 Å². The smallest absolute Gasteiger partial charge is 0.181 e. The van der Waals surface area contributed by atoms with E-state index in [2.05, 4.69) is 15.2 Å². The van der Waals surface area contributed by atoms with Crippen LogP contribution in [0.3, 0.4) is 0 Å². The summed E-state index contributed by atoms with van der Waals surface area (Å²) >= 11 is 12.1. The highest BCUT2D eigenvalue weighted by atomic mass is 35.5. The number of hydrogen-bond acceptors (Lipinski definition) is 4. The van der Waals surface area contributed by atoms with Crippen molar-refractivity contribution in [3.05, 3.63) is 81.3 Å². The minimum absolute atomic E-state index is 0.105. The average molecular weight is 413 g/mol. The summed E-state index contributed by atoms with van der Waals surface area (Å²) in [6.45, 7) is 0. The number of nitrogens with zero attached hydrogens (tertiary/aromatic N) is 3. The molecule has 0 aliphatic carbocycles. The standard InChI is InChI=1S/C20H11Cl2FN4O/c21-13-6-11(10-24)7-14(9-13)28-19-16(22)4-3-12(18(19)23)8-17-15-2-1-5-25-20(15)27-26-17/h1-7,9H,8H2,(H,25,26,27). The molecule has 1 N–H and O–H groups in total. The van der Waals surface area contributed by atoms with Crippen LogP contribution in [-0.4, -0.2) is 15.2 Å². The number of benzene rings is 2. The molecule has 28 heavy (non-hydrogen) atoms. The summed E-state index contributed by atoms with van der Waals surface area (Å²) in [6.07, 6.45) is 1.88. The molecule has 8 heteroatoms. The van der Waals surface area contributed by atoms with Crippen LogP contribution in [-0.2, 0) is 6.42 Å². The molecule has 0 radical (unpaired) electrons. The Morgan fingerprint density at radius 3 is 2.86 bits per heavy atom. The quantitative estimate of drug-likeness (QED) is 0.469. The molecule has 0 atom stereocenters. The first-order valence-corrected chi connectivity index (χ1v) is 8.94. The molecular formula is C20H11Cl2FN4O. The Bertz CT molecular complexity index is 1230. The highest BCUT2D eigenvalue weighted by molar-refractivity contribution is 6.32. The second-order valence-corrected chi connectivity index (χ2v) is 6.83. The van der Waals surface area contributed by atoms with Gasteiger partial charge in [-0.25, -0.2) is 9.37 Å². The predicted octanol–water partition coefficient (Wildman–Crippen LogP) is 5.66. The van der Waals surface area contributed by atoms with Gasteiger partial charge in [0.1, 0.15) is 5.75 Å². The molecule has 5 nitrogen and oxygen atoms in total. The molecule has 0 unspecified atom stereocenters. The fourth-order valence-electron chi connectivity index (χ4n) is 2.83. The van der Waals surface area contributed by atoms with Crippen molar-refractivity contribution in [3.8, 4) is 17.6 Å². The van der Waals surface area contributed by atoms with Crippen LogP contribution in [0.4, 0.5) is 4.39 Å². The van der Waals surface area contributed by atoms with E-state index in [9.17, 15) is 0 Å². The Hall–Kier alpha value is -3.14. The first kappa shape index (κ1) is 18.2. The number of fused-ring (bicyclic) bond motifs is 1. The highest BCUT2D eigenvalue weighted by Crippen LogP contribution is 2.36. The molecule has 0 saturated carbocycles. The Morgan fingerprint density at radius 2 is 2.04 bits per heavy atom. The van der Waals surface area contributed by atoms with Gasteiger partial charge in [0.25, 0.3) is 0 Å². The number of nitrogens with one attached hydrogen (secondary N) is 1. The zero-order valence-corrected chi connectivity index (χ0v) is 15.7. The van der Waals surface area contributed by atoms with Gasteiger partial charge in [0.05, 0.1) is 22.3 Å². The lowest BCUT2D eigenvalue weighted by Gasteiger charge is -2.12. The molecule has 2 aromatic heterocycles. The van der Waals surface area contributed by atoms with Gasteiger partial charge >= 0.3 is 0 Å². The lowest BCUT2D eigenvalue weighted by molar-refractivity contribution is 0.439. The number of halogens is 3. The van der Waals surface area contributed by atoms with Gasteiger partial charge in [-0.3, -0.25) is 5.10 Å². The summed E-state index contributed by atoms with van der Waals surface area (Å²) in [4.78, 5) is 4.18. The topological polar surface area (TPSA) is 74.6 Å². The summed E-state index contributed by atoms with van der Waals surface area (Å²) in [5.41, 5.74) is 1.95. The van der Waals surface area contributed by atoms with E-state index < -0.39 is 5.82 Å². The number of aromatic amines is 1. The Labute approximate surface area is 169 Å². The highest BCUT2D eigenvalue weighted by Gasteiger charge is 2.18. The van der Waals surface area contributed by atoms with Crippen molar-refractivity contribution in [3.63, 3.8) is 0 Å². The Morgan fingerprint density at radius 1 is 1.18 bits per heavy atom.